The molecule has 4 heteroatoms. The van der Waals surface area contributed by atoms with E-state index in [-0.39, 0.29) is 11.8 Å². The van der Waals surface area contributed by atoms with E-state index in [1.807, 2.05) is 25.1 Å². The molecule has 110 valence electrons. The molecule has 1 aromatic carbocycles. The second-order valence-electron chi connectivity index (χ2n) is 5.30. The van der Waals surface area contributed by atoms with Crippen LogP contribution in [0.15, 0.2) is 24.3 Å². The molecule has 20 heavy (non-hydrogen) atoms. The summed E-state index contributed by atoms with van der Waals surface area (Å²) >= 11 is 0. The third kappa shape index (κ3) is 3.73. The minimum Gasteiger partial charge on any atom is -0.378 e. The summed E-state index contributed by atoms with van der Waals surface area (Å²) in [5, 5.41) is 3.07. The molecule has 1 saturated heterocycles. The van der Waals surface area contributed by atoms with Crippen LogP contribution in [0.2, 0.25) is 0 Å². The van der Waals surface area contributed by atoms with Crippen molar-refractivity contribution in [2.24, 2.45) is 5.92 Å². The number of para-hydroxylation sites is 2. The number of hydrogen-bond donors (Lipinski definition) is 1. The summed E-state index contributed by atoms with van der Waals surface area (Å²) in [5.74, 6) is 0.158. The number of rotatable bonds is 5. The lowest BCUT2D eigenvalue weighted by Crippen LogP contribution is -2.37. The van der Waals surface area contributed by atoms with Gasteiger partial charge in [0, 0.05) is 19.0 Å². The third-order valence-electron chi connectivity index (χ3n) is 3.68. The van der Waals surface area contributed by atoms with Crippen molar-refractivity contribution in [1.29, 1.82) is 0 Å². The van der Waals surface area contributed by atoms with Crippen LogP contribution in [0.3, 0.4) is 0 Å². The first-order chi connectivity index (χ1) is 9.72. The van der Waals surface area contributed by atoms with Gasteiger partial charge in [0.1, 0.15) is 0 Å². The van der Waals surface area contributed by atoms with E-state index in [9.17, 15) is 4.79 Å². The van der Waals surface area contributed by atoms with Gasteiger partial charge in [-0.25, -0.2) is 0 Å². The van der Waals surface area contributed by atoms with Crippen molar-refractivity contribution in [3.63, 3.8) is 0 Å². The minimum absolute atomic E-state index is 0.0535. The topological polar surface area (TPSA) is 41.6 Å². The Morgan fingerprint density at radius 2 is 2.05 bits per heavy atom. The first-order valence-electron chi connectivity index (χ1n) is 7.45. The van der Waals surface area contributed by atoms with Crippen molar-refractivity contribution < 1.29 is 9.53 Å². The molecule has 1 fully saturated rings. The summed E-state index contributed by atoms with van der Waals surface area (Å²) in [6, 6.07) is 8.01. The molecule has 1 aliphatic rings. The van der Waals surface area contributed by atoms with E-state index in [4.69, 9.17) is 4.74 Å². The molecule has 0 bridgehead atoms. The Kier molecular flexibility index (Phi) is 5.41. The molecular weight excluding hydrogens is 252 g/mol. The second kappa shape index (κ2) is 7.29. The highest BCUT2D eigenvalue weighted by Crippen LogP contribution is 2.27. The summed E-state index contributed by atoms with van der Waals surface area (Å²) in [6.45, 7) is 7.32. The normalized spacial score (nSPS) is 16.8. The van der Waals surface area contributed by atoms with Crippen molar-refractivity contribution in [2.45, 2.75) is 26.7 Å². The lowest BCUT2D eigenvalue weighted by atomic mass is 10.1. The predicted molar refractivity (Wildman–Crippen MR) is 82.2 cm³/mol. The first kappa shape index (κ1) is 14.9. The van der Waals surface area contributed by atoms with Gasteiger partial charge in [0.05, 0.1) is 24.6 Å². The molecular formula is C16H24N2O2. The van der Waals surface area contributed by atoms with Gasteiger partial charge >= 0.3 is 0 Å². The van der Waals surface area contributed by atoms with Gasteiger partial charge in [0.2, 0.25) is 5.91 Å². The van der Waals surface area contributed by atoms with Gasteiger partial charge in [0.15, 0.2) is 0 Å². The minimum atomic E-state index is 0.0535. The molecule has 0 unspecified atom stereocenters. The highest BCUT2D eigenvalue weighted by molar-refractivity contribution is 5.95. The lowest BCUT2D eigenvalue weighted by molar-refractivity contribution is -0.119. The average Bonchev–Trinajstić information content (AvgIpc) is 2.49. The maximum atomic E-state index is 12.2. The van der Waals surface area contributed by atoms with Crippen LogP contribution in [0.25, 0.3) is 0 Å². The van der Waals surface area contributed by atoms with Crippen LogP contribution in [0, 0.1) is 5.92 Å². The zero-order chi connectivity index (χ0) is 14.4. The Morgan fingerprint density at radius 1 is 1.35 bits per heavy atom. The highest BCUT2D eigenvalue weighted by atomic mass is 16.5. The van der Waals surface area contributed by atoms with Crippen molar-refractivity contribution in [3.05, 3.63) is 24.3 Å². The van der Waals surface area contributed by atoms with Gasteiger partial charge in [-0.2, -0.15) is 0 Å². The van der Waals surface area contributed by atoms with Crippen molar-refractivity contribution >= 4 is 17.3 Å². The molecule has 0 saturated carbocycles. The maximum Gasteiger partial charge on any atom is 0.227 e. The zero-order valence-electron chi connectivity index (χ0n) is 12.4. The van der Waals surface area contributed by atoms with Gasteiger partial charge < -0.3 is 15.0 Å². The van der Waals surface area contributed by atoms with Crippen LogP contribution >= 0.6 is 0 Å². The summed E-state index contributed by atoms with van der Waals surface area (Å²) < 4.78 is 5.38. The molecule has 1 heterocycles. The number of carbonyl (C=O) groups is 1. The molecule has 1 aliphatic heterocycles. The van der Waals surface area contributed by atoms with E-state index in [2.05, 4.69) is 23.2 Å². The molecule has 0 radical (unpaired) electrons. The molecule has 1 N–H and O–H groups in total. The van der Waals surface area contributed by atoms with Gasteiger partial charge in [-0.3, -0.25) is 4.79 Å². The number of amides is 1. The van der Waals surface area contributed by atoms with Gasteiger partial charge in [-0.15, -0.1) is 0 Å². The van der Waals surface area contributed by atoms with Gasteiger partial charge in [0.25, 0.3) is 0 Å². The Hall–Kier alpha value is -1.55. The molecule has 1 amide bonds. The largest absolute Gasteiger partial charge is 0.378 e. The maximum absolute atomic E-state index is 12.2. The van der Waals surface area contributed by atoms with E-state index in [0.29, 0.717) is 0 Å². The van der Waals surface area contributed by atoms with E-state index < -0.39 is 0 Å². The number of morpholine rings is 1. The Bertz CT molecular complexity index is 442. The fraction of sp³-hybridized carbons (Fsp3) is 0.562. The summed E-state index contributed by atoms with van der Waals surface area (Å²) in [5.41, 5.74) is 2.00. The predicted octanol–water partition coefficient (Wildman–Crippen LogP) is 2.90. The summed E-state index contributed by atoms with van der Waals surface area (Å²) in [6.07, 6.45) is 1.95. The Morgan fingerprint density at radius 3 is 2.75 bits per heavy atom. The number of carbonyl (C=O) groups excluding carboxylic acids is 1. The fourth-order valence-corrected chi connectivity index (χ4v) is 2.48. The van der Waals surface area contributed by atoms with Crippen LogP contribution in [-0.2, 0) is 9.53 Å². The summed E-state index contributed by atoms with van der Waals surface area (Å²) in [4.78, 5) is 14.5. The number of nitrogens with zero attached hydrogens (tertiary/aromatic N) is 1. The number of hydrogen-bond acceptors (Lipinski definition) is 3. The smallest absolute Gasteiger partial charge is 0.227 e. The van der Waals surface area contributed by atoms with Crippen LogP contribution in [-0.4, -0.2) is 32.2 Å². The van der Waals surface area contributed by atoms with Gasteiger partial charge in [-0.1, -0.05) is 32.4 Å². The third-order valence-corrected chi connectivity index (χ3v) is 3.68. The summed E-state index contributed by atoms with van der Waals surface area (Å²) in [7, 11) is 0. The van der Waals surface area contributed by atoms with Crippen LogP contribution in [0.5, 0.6) is 0 Å². The molecule has 1 atom stereocenters. The molecule has 0 spiro atoms. The van der Waals surface area contributed by atoms with Crippen LogP contribution in [0.1, 0.15) is 26.7 Å². The fourth-order valence-electron chi connectivity index (χ4n) is 2.48. The van der Waals surface area contributed by atoms with E-state index in [1.54, 1.807) is 0 Å². The number of benzene rings is 1. The standard InChI is InChI=1S/C16H24N2O2/c1-3-6-13(2)16(19)17-14-7-4-5-8-15(14)18-9-11-20-12-10-18/h4-5,7-8,13H,3,6,9-12H2,1-2H3,(H,17,19)/t13-/m0/s1. The highest BCUT2D eigenvalue weighted by Gasteiger charge is 2.17. The Labute approximate surface area is 121 Å². The molecule has 1 aromatic rings. The van der Waals surface area contributed by atoms with Crippen LogP contribution < -0.4 is 10.2 Å². The second-order valence-corrected chi connectivity index (χ2v) is 5.30. The van der Waals surface area contributed by atoms with E-state index in [0.717, 1.165) is 50.5 Å². The van der Waals surface area contributed by atoms with Crippen molar-refractivity contribution in [3.8, 4) is 0 Å². The lowest BCUT2D eigenvalue weighted by Gasteiger charge is -2.30. The average molecular weight is 276 g/mol. The quantitative estimate of drug-likeness (QED) is 0.899. The van der Waals surface area contributed by atoms with Crippen molar-refractivity contribution in [1.82, 2.24) is 0 Å². The molecule has 4 nitrogen and oxygen atoms in total. The zero-order valence-corrected chi connectivity index (χ0v) is 12.4. The SMILES string of the molecule is CCC[C@H](C)C(=O)Nc1ccccc1N1CCOCC1. The molecule has 0 aromatic heterocycles. The number of anilines is 2. The first-order valence-corrected chi connectivity index (χ1v) is 7.45. The molecule has 0 aliphatic carbocycles. The Balaban J connectivity index is 2.09. The van der Waals surface area contributed by atoms with Crippen molar-refractivity contribution in [2.75, 3.05) is 36.5 Å². The van der Waals surface area contributed by atoms with Crippen LogP contribution in [0.4, 0.5) is 11.4 Å². The van der Waals surface area contributed by atoms with E-state index in [1.165, 1.54) is 0 Å². The monoisotopic (exact) mass is 276 g/mol. The number of nitrogens with one attached hydrogen (secondary N) is 1. The van der Waals surface area contributed by atoms with E-state index >= 15 is 0 Å². The number of ether oxygens (including phenoxy) is 1. The van der Waals surface area contributed by atoms with Gasteiger partial charge in [-0.05, 0) is 18.6 Å². The molecule has 2 rings (SSSR count).